The van der Waals surface area contributed by atoms with Gasteiger partial charge >= 0.3 is 5.97 Å². The number of nitrogens with zero attached hydrogens (tertiary/aromatic N) is 2. The van der Waals surface area contributed by atoms with Crippen molar-refractivity contribution in [2.45, 2.75) is 0 Å². The third-order valence-electron chi connectivity index (χ3n) is 2.80. The highest BCUT2D eigenvalue weighted by molar-refractivity contribution is 6.34. The number of aromatic nitrogens is 1. The van der Waals surface area contributed by atoms with E-state index >= 15 is 0 Å². The lowest BCUT2D eigenvalue weighted by atomic mass is 10.2. The van der Waals surface area contributed by atoms with Gasteiger partial charge in [0, 0.05) is 25.1 Å². The summed E-state index contributed by atoms with van der Waals surface area (Å²) in [6.45, 7) is 0. The number of carboxylic acids is 1. The second kappa shape index (κ2) is 5.71. The summed E-state index contributed by atoms with van der Waals surface area (Å²) in [5.41, 5.74) is 1.02. The molecule has 0 aliphatic rings. The van der Waals surface area contributed by atoms with Crippen LogP contribution in [0, 0.1) is 0 Å². The normalized spacial score (nSPS) is 10.1. The van der Waals surface area contributed by atoms with Gasteiger partial charge in [0.25, 0.3) is 5.91 Å². The molecule has 20 heavy (non-hydrogen) atoms. The second-order valence-corrected chi connectivity index (χ2v) is 4.48. The first kappa shape index (κ1) is 14.0. The van der Waals surface area contributed by atoms with Crippen LogP contribution in [-0.4, -0.2) is 29.0 Å². The van der Waals surface area contributed by atoms with Crippen LogP contribution in [0.3, 0.4) is 0 Å². The smallest absolute Gasteiger partial charge is 0.335 e. The Morgan fingerprint density at radius 1 is 1.20 bits per heavy atom. The quantitative estimate of drug-likeness (QED) is 0.943. The zero-order valence-electron chi connectivity index (χ0n) is 10.6. The molecule has 0 bridgehead atoms. The molecule has 0 unspecified atom stereocenters. The topological polar surface area (TPSA) is 70.5 Å². The molecule has 1 N–H and O–H groups in total. The van der Waals surface area contributed by atoms with E-state index in [1.54, 1.807) is 19.2 Å². The monoisotopic (exact) mass is 290 g/mol. The molecular formula is C14H11ClN2O3. The number of carboxylic acid groups (broad SMARTS) is 1. The van der Waals surface area contributed by atoms with Crippen LogP contribution in [-0.2, 0) is 0 Å². The zero-order valence-corrected chi connectivity index (χ0v) is 11.3. The molecule has 1 amide bonds. The average Bonchev–Trinajstić information content (AvgIpc) is 2.46. The average molecular weight is 291 g/mol. The van der Waals surface area contributed by atoms with Crippen molar-refractivity contribution in [1.82, 2.24) is 4.98 Å². The molecule has 1 heterocycles. The number of pyridine rings is 1. The lowest BCUT2D eigenvalue weighted by molar-refractivity contribution is 0.0696. The van der Waals surface area contributed by atoms with Crippen molar-refractivity contribution in [3.8, 4) is 0 Å². The molecule has 2 rings (SSSR count). The fraction of sp³-hybridized carbons (Fsp3) is 0.0714. The van der Waals surface area contributed by atoms with E-state index in [0.29, 0.717) is 16.3 Å². The number of halogens is 1. The van der Waals surface area contributed by atoms with Crippen molar-refractivity contribution >= 4 is 29.2 Å². The van der Waals surface area contributed by atoms with Gasteiger partial charge in [-0.15, -0.1) is 0 Å². The van der Waals surface area contributed by atoms with Crippen LogP contribution in [0.5, 0.6) is 0 Å². The number of rotatable bonds is 3. The highest BCUT2D eigenvalue weighted by atomic mass is 35.5. The number of hydrogen-bond donors (Lipinski definition) is 1. The van der Waals surface area contributed by atoms with E-state index in [1.165, 1.54) is 35.5 Å². The van der Waals surface area contributed by atoms with Crippen molar-refractivity contribution in [2.24, 2.45) is 0 Å². The minimum Gasteiger partial charge on any atom is -0.478 e. The highest BCUT2D eigenvalue weighted by Gasteiger charge is 2.16. The molecule has 0 saturated carbocycles. The minimum absolute atomic E-state index is 0.161. The van der Waals surface area contributed by atoms with Crippen molar-refractivity contribution in [1.29, 1.82) is 0 Å². The van der Waals surface area contributed by atoms with Crippen LogP contribution in [0.4, 0.5) is 5.69 Å². The summed E-state index contributed by atoms with van der Waals surface area (Å²) in [6.07, 6.45) is 2.90. The van der Waals surface area contributed by atoms with Gasteiger partial charge in [-0.2, -0.15) is 0 Å². The van der Waals surface area contributed by atoms with E-state index in [9.17, 15) is 9.59 Å². The van der Waals surface area contributed by atoms with Gasteiger partial charge in [-0.25, -0.2) is 4.79 Å². The fourth-order valence-corrected chi connectivity index (χ4v) is 1.85. The van der Waals surface area contributed by atoms with E-state index in [0.717, 1.165) is 0 Å². The molecule has 0 spiro atoms. The molecule has 5 nitrogen and oxygen atoms in total. The summed E-state index contributed by atoms with van der Waals surface area (Å²) in [5.74, 6) is -1.33. The van der Waals surface area contributed by atoms with Gasteiger partial charge in [-0.3, -0.25) is 9.78 Å². The first-order valence-corrected chi connectivity index (χ1v) is 6.09. The summed E-state index contributed by atoms with van der Waals surface area (Å²) in [7, 11) is 1.58. The SMILES string of the molecule is CN(C(=O)c1cnccc1Cl)c1ccc(C(=O)O)cc1. The van der Waals surface area contributed by atoms with Gasteiger partial charge in [0.15, 0.2) is 0 Å². The zero-order chi connectivity index (χ0) is 14.7. The van der Waals surface area contributed by atoms with Crippen molar-refractivity contribution in [3.05, 3.63) is 58.9 Å². The first-order valence-electron chi connectivity index (χ1n) is 5.71. The largest absolute Gasteiger partial charge is 0.478 e. The molecular weight excluding hydrogens is 280 g/mol. The molecule has 2 aromatic rings. The van der Waals surface area contributed by atoms with E-state index < -0.39 is 5.97 Å². The predicted molar refractivity (Wildman–Crippen MR) is 75.4 cm³/mol. The maximum atomic E-state index is 12.3. The van der Waals surface area contributed by atoms with Gasteiger partial charge in [-0.05, 0) is 30.3 Å². The summed E-state index contributed by atoms with van der Waals surface area (Å²) >= 11 is 5.95. The van der Waals surface area contributed by atoms with Gasteiger partial charge in [0.2, 0.25) is 0 Å². The summed E-state index contributed by atoms with van der Waals surface area (Å²) in [6, 6.07) is 7.53. The Hall–Kier alpha value is -2.40. The Bertz CT molecular complexity index is 656. The van der Waals surface area contributed by atoms with Gasteiger partial charge in [-0.1, -0.05) is 11.6 Å². The van der Waals surface area contributed by atoms with Crippen molar-refractivity contribution < 1.29 is 14.7 Å². The third-order valence-corrected chi connectivity index (χ3v) is 3.13. The first-order chi connectivity index (χ1) is 9.50. The number of benzene rings is 1. The van der Waals surface area contributed by atoms with Crippen LogP contribution in [0.2, 0.25) is 5.02 Å². The Kier molecular flexibility index (Phi) is 4.00. The lowest BCUT2D eigenvalue weighted by Gasteiger charge is -2.17. The van der Waals surface area contributed by atoms with Crippen LogP contribution in [0.15, 0.2) is 42.7 Å². The van der Waals surface area contributed by atoms with Crippen molar-refractivity contribution in [3.63, 3.8) is 0 Å². The second-order valence-electron chi connectivity index (χ2n) is 4.07. The van der Waals surface area contributed by atoms with Crippen LogP contribution < -0.4 is 4.90 Å². The lowest BCUT2D eigenvalue weighted by Crippen LogP contribution is -2.26. The Labute approximate surface area is 120 Å². The Balaban J connectivity index is 2.27. The summed E-state index contributed by atoms with van der Waals surface area (Å²) < 4.78 is 0. The van der Waals surface area contributed by atoms with Gasteiger partial charge in [0.1, 0.15) is 0 Å². The van der Waals surface area contributed by atoms with Crippen LogP contribution in [0.1, 0.15) is 20.7 Å². The number of carbonyl (C=O) groups excluding carboxylic acids is 1. The summed E-state index contributed by atoms with van der Waals surface area (Å²) in [4.78, 5) is 28.3. The maximum absolute atomic E-state index is 12.3. The molecule has 0 saturated heterocycles. The molecule has 0 aliphatic carbocycles. The fourth-order valence-electron chi connectivity index (χ4n) is 1.66. The number of anilines is 1. The molecule has 0 atom stereocenters. The molecule has 0 fully saturated rings. The summed E-state index contributed by atoms with van der Waals surface area (Å²) in [5, 5.41) is 9.15. The Morgan fingerprint density at radius 2 is 1.85 bits per heavy atom. The number of hydrogen-bond acceptors (Lipinski definition) is 3. The van der Waals surface area contributed by atoms with Gasteiger partial charge < -0.3 is 10.0 Å². The third kappa shape index (κ3) is 2.78. The molecule has 0 aliphatic heterocycles. The standard InChI is InChI=1S/C14H11ClN2O3/c1-17(10-4-2-9(3-5-10)14(19)20)13(18)11-8-16-7-6-12(11)15/h2-8H,1H3,(H,19,20). The molecule has 1 aromatic carbocycles. The van der Waals surface area contributed by atoms with Gasteiger partial charge in [0.05, 0.1) is 16.1 Å². The van der Waals surface area contributed by atoms with Crippen molar-refractivity contribution in [2.75, 3.05) is 11.9 Å². The molecule has 102 valence electrons. The minimum atomic E-state index is -1.01. The van der Waals surface area contributed by atoms with E-state index in [4.69, 9.17) is 16.7 Å². The molecule has 1 aromatic heterocycles. The Morgan fingerprint density at radius 3 is 2.40 bits per heavy atom. The van der Waals surface area contributed by atoms with E-state index in [2.05, 4.69) is 4.98 Å². The van der Waals surface area contributed by atoms with Crippen LogP contribution in [0.25, 0.3) is 0 Å². The van der Waals surface area contributed by atoms with E-state index in [-0.39, 0.29) is 11.5 Å². The maximum Gasteiger partial charge on any atom is 0.335 e. The number of amides is 1. The molecule has 0 radical (unpaired) electrons. The molecule has 6 heteroatoms. The number of carbonyl (C=O) groups is 2. The van der Waals surface area contributed by atoms with Crippen LogP contribution >= 0.6 is 11.6 Å². The van der Waals surface area contributed by atoms with E-state index in [1.807, 2.05) is 0 Å². The predicted octanol–water partition coefficient (Wildman–Crippen LogP) is 2.71. The highest BCUT2D eigenvalue weighted by Crippen LogP contribution is 2.20. The number of aromatic carboxylic acids is 1.